The zero-order valence-electron chi connectivity index (χ0n) is 13.9. The van der Waals surface area contributed by atoms with Gasteiger partial charge >= 0.3 is 0 Å². The Kier molecular flexibility index (Phi) is 6.87. The van der Waals surface area contributed by atoms with Gasteiger partial charge < -0.3 is 4.42 Å². The lowest BCUT2D eigenvalue weighted by atomic mass is 10.2. The van der Waals surface area contributed by atoms with Crippen molar-refractivity contribution < 1.29 is 9.21 Å². The van der Waals surface area contributed by atoms with Crippen molar-refractivity contribution in [2.45, 2.75) is 21.4 Å². The first kappa shape index (κ1) is 18.7. The SMILES string of the molecule is Cc1ccc(/C=N\NC(=O)CSc2nnc(SCc3ccccc3)s2)o1. The van der Waals surface area contributed by atoms with Gasteiger partial charge in [0, 0.05) is 5.75 Å². The van der Waals surface area contributed by atoms with Crippen molar-refractivity contribution in [2.75, 3.05) is 5.75 Å². The molecule has 3 aromatic rings. The summed E-state index contributed by atoms with van der Waals surface area (Å²) in [6, 6.07) is 13.8. The van der Waals surface area contributed by atoms with Crippen molar-refractivity contribution in [3.8, 4) is 0 Å². The van der Waals surface area contributed by atoms with Gasteiger partial charge in [-0.25, -0.2) is 5.43 Å². The molecule has 0 aliphatic rings. The highest BCUT2D eigenvalue weighted by Gasteiger charge is 2.08. The van der Waals surface area contributed by atoms with E-state index in [2.05, 4.69) is 32.9 Å². The van der Waals surface area contributed by atoms with Crippen molar-refractivity contribution in [3.05, 3.63) is 59.5 Å². The normalized spacial score (nSPS) is 11.1. The number of amides is 1. The van der Waals surface area contributed by atoms with Crippen molar-refractivity contribution in [1.82, 2.24) is 15.6 Å². The molecule has 1 amide bonds. The van der Waals surface area contributed by atoms with Crippen molar-refractivity contribution in [3.63, 3.8) is 0 Å². The van der Waals surface area contributed by atoms with Crippen LogP contribution in [0.5, 0.6) is 0 Å². The second-order valence-corrected chi connectivity index (χ2v) is 8.56. The Balaban J connectivity index is 1.40. The summed E-state index contributed by atoms with van der Waals surface area (Å²) in [5, 5.41) is 12.1. The van der Waals surface area contributed by atoms with Gasteiger partial charge in [0.25, 0.3) is 5.91 Å². The van der Waals surface area contributed by atoms with E-state index in [0.29, 0.717) is 5.76 Å². The van der Waals surface area contributed by atoms with E-state index in [-0.39, 0.29) is 11.7 Å². The van der Waals surface area contributed by atoms with E-state index in [1.807, 2.05) is 31.2 Å². The number of hydrogen-bond donors (Lipinski definition) is 1. The molecule has 0 saturated heterocycles. The standard InChI is InChI=1S/C17H16N4O2S3/c1-12-7-8-14(23-12)9-18-19-15(22)11-25-17-21-20-16(26-17)24-10-13-5-3-2-4-6-13/h2-9H,10-11H2,1H3,(H,19,22)/b18-9-. The highest BCUT2D eigenvalue weighted by Crippen LogP contribution is 2.30. The summed E-state index contributed by atoms with van der Waals surface area (Å²) in [6.07, 6.45) is 1.47. The molecule has 0 aliphatic carbocycles. The molecule has 0 spiro atoms. The van der Waals surface area contributed by atoms with Crippen LogP contribution in [0.2, 0.25) is 0 Å². The summed E-state index contributed by atoms with van der Waals surface area (Å²) in [5.41, 5.74) is 3.71. The zero-order chi connectivity index (χ0) is 18.2. The number of hydrazone groups is 1. The molecule has 0 fully saturated rings. The first-order valence-electron chi connectivity index (χ1n) is 7.70. The molecule has 0 aliphatic heterocycles. The lowest BCUT2D eigenvalue weighted by Crippen LogP contribution is -2.19. The zero-order valence-corrected chi connectivity index (χ0v) is 16.4. The van der Waals surface area contributed by atoms with Gasteiger partial charge in [-0.3, -0.25) is 4.79 Å². The Morgan fingerprint density at radius 1 is 1.19 bits per heavy atom. The molecular formula is C17H16N4O2S3. The second-order valence-electron chi connectivity index (χ2n) is 5.14. The van der Waals surface area contributed by atoms with Crippen LogP contribution in [0, 0.1) is 6.92 Å². The second kappa shape index (κ2) is 9.56. The van der Waals surface area contributed by atoms with Gasteiger partial charge in [0.2, 0.25) is 0 Å². The van der Waals surface area contributed by atoms with Crippen LogP contribution in [-0.4, -0.2) is 28.1 Å². The van der Waals surface area contributed by atoms with Crippen LogP contribution in [0.25, 0.3) is 0 Å². The molecule has 3 rings (SSSR count). The maximum Gasteiger partial charge on any atom is 0.250 e. The third kappa shape index (κ3) is 6.01. The highest BCUT2D eigenvalue weighted by molar-refractivity contribution is 8.03. The van der Waals surface area contributed by atoms with Gasteiger partial charge in [0.15, 0.2) is 8.68 Å². The lowest BCUT2D eigenvalue weighted by molar-refractivity contribution is -0.118. The summed E-state index contributed by atoms with van der Waals surface area (Å²) >= 11 is 4.47. The van der Waals surface area contributed by atoms with Gasteiger partial charge in [-0.15, -0.1) is 10.2 Å². The van der Waals surface area contributed by atoms with E-state index in [1.165, 1.54) is 34.9 Å². The molecule has 26 heavy (non-hydrogen) atoms. The number of furan rings is 1. The van der Waals surface area contributed by atoms with Crippen molar-refractivity contribution in [1.29, 1.82) is 0 Å². The molecule has 9 heteroatoms. The fraction of sp³-hybridized carbons (Fsp3) is 0.176. The van der Waals surface area contributed by atoms with E-state index in [0.717, 1.165) is 20.2 Å². The summed E-state index contributed by atoms with van der Waals surface area (Å²) in [6.45, 7) is 1.85. The minimum Gasteiger partial charge on any atom is -0.460 e. The van der Waals surface area contributed by atoms with E-state index < -0.39 is 0 Å². The van der Waals surface area contributed by atoms with Crippen molar-refractivity contribution >= 4 is 47.0 Å². The number of benzene rings is 1. The number of carbonyl (C=O) groups excluding carboxylic acids is 1. The molecule has 134 valence electrons. The van der Waals surface area contributed by atoms with Gasteiger partial charge in [-0.2, -0.15) is 5.10 Å². The third-order valence-corrected chi connectivity index (χ3v) is 6.32. The molecular weight excluding hydrogens is 388 g/mol. The fourth-order valence-corrected chi connectivity index (χ4v) is 4.65. The Morgan fingerprint density at radius 3 is 2.69 bits per heavy atom. The average Bonchev–Trinajstić information content (AvgIpc) is 3.28. The summed E-state index contributed by atoms with van der Waals surface area (Å²) < 4.78 is 6.98. The lowest BCUT2D eigenvalue weighted by Gasteiger charge is -1.97. The molecule has 0 bridgehead atoms. The predicted octanol–water partition coefficient (Wildman–Crippen LogP) is 3.97. The Bertz CT molecular complexity index is 877. The summed E-state index contributed by atoms with van der Waals surface area (Å²) in [5.74, 6) is 2.27. The number of carbonyl (C=O) groups is 1. The molecule has 0 radical (unpaired) electrons. The number of hydrogen-bond acceptors (Lipinski definition) is 8. The monoisotopic (exact) mass is 404 g/mol. The van der Waals surface area contributed by atoms with Gasteiger partial charge in [0.05, 0.1) is 12.0 Å². The van der Waals surface area contributed by atoms with Crippen LogP contribution in [0.1, 0.15) is 17.1 Å². The molecule has 0 unspecified atom stereocenters. The van der Waals surface area contributed by atoms with E-state index in [1.54, 1.807) is 17.8 Å². The molecule has 0 atom stereocenters. The number of aryl methyl sites for hydroxylation is 1. The first-order valence-corrected chi connectivity index (χ1v) is 10.5. The van der Waals surface area contributed by atoms with E-state index in [4.69, 9.17) is 4.42 Å². The number of rotatable bonds is 8. The molecule has 1 aromatic carbocycles. The van der Waals surface area contributed by atoms with Crippen LogP contribution in [0.4, 0.5) is 0 Å². The van der Waals surface area contributed by atoms with Crippen molar-refractivity contribution in [2.24, 2.45) is 5.10 Å². The average molecular weight is 405 g/mol. The number of thioether (sulfide) groups is 2. The van der Waals surface area contributed by atoms with Gasteiger partial charge in [0.1, 0.15) is 11.5 Å². The molecule has 1 N–H and O–H groups in total. The summed E-state index contributed by atoms with van der Waals surface area (Å²) in [4.78, 5) is 11.8. The van der Waals surface area contributed by atoms with Crippen LogP contribution in [0.3, 0.4) is 0 Å². The quantitative estimate of drug-likeness (QED) is 0.348. The topological polar surface area (TPSA) is 80.4 Å². The largest absolute Gasteiger partial charge is 0.460 e. The number of nitrogens with zero attached hydrogens (tertiary/aromatic N) is 3. The van der Waals surface area contributed by atoms with Gasteiger partial charge in [-0.1, -0.05) is 65.2 Å². The molecule has 2 heterocycles. The highest BCUT2D eigenvalue weighted by atomic mass is 32.2. The smallest absolute Gasteiger partial charge is 0.250 e. The minimum absolute atomic E-state index is 0.205. The number of nitrogens with one attached hydrogen (secondary N) is 1. The maximum absolute atomic E-state index is 11.8. The van der Waals surface area contributed by atoms with Crippen LogP contribution in [-0.2, 0) is 10.5 Å². The molecule has 0 saturated carbocycles. The Labute approximate surface area is 163 Å². The fourth-order valence-electron chi connectivity index (χ4n) is 1.88. The maximum atomic E-state index is 11.8. The first-order chi connectivity index (χ1) is 12.7. The Hall–Kier alpha value is -2.10. The predicted molar refractivity (Wildman–Crippen MR) is 106 cm³/mol. The van der Waals surface area contributed by atoms with E-state index in [9.17, 15) is 4.79 Å². The molecule has 2 aromatic heterocycles. The van der Waals surface area contributed by atoms with E-state index >= 15 is 0 Å². The molecule has 6 nitrogen and oxygen atoms in total. The Morgan fingerprint density at radius 2 is 1.96 bits per heavy atom. The van der Waals surface area contributed by atoms with Gasteiger partial charge in [-0.05, 0) is 24.6 Å². The van der Waals surface area contributed by atoms with Crippen LogP contribution < -0.4 is 5.43 Å². The summed E-state index contributed by atoms with van der Waals surface area (Å²) in [7, 11) is 0. The third-order valence-electron chi connectivity index (χ3n) is 3.06. The minimum atomic E-state index is -0.205. The number of aromatic nitrogens is 2. The van der Waals surface area contributed by atoms with Crippen LogP contribution in [0.15, 0.2) is 60.7 Å². The van der Waals surface area contributed by atoms with Crippen LogP contribution >= 0.6 is 34.9 Å².